The summed E-state index contributed by atoms with van der Waals surface area (Å²) >= 11 is 0. The molecular weight excluding hydrogens is 252 g/mol. The van der Waals surface area contributed by atoms with Crippen LogP contribution >= 0.6 is 0 Å². The fourth-order valence-corrected chi connectivity index (χ4v) is 2.58. The summed E-state index contributed by atoms with van der Waals surface area (Å²) in [6, 6.07) is 10.2. The van der Waals surface area contributed by atoms with Crippen LogP contribution in [-0.2, 0) is 0 Å². The van der Waals surface area contributed by atoms with Gasteiger partial charge in [-0.25, -0.2) is 0 Å². The van der Waals surface area contributed by atoms with Crippen LogP contribution in [0.3, 0.4) is 0 Å². The molecule has 3 N–H and O–H groups in total. The van der Waals surface area contributed by atoms with Gasteiger partial charge in [0, 0.05) is 11.3 Å². The lowest BCUT2D eigenvalue weighted by Gasteiger charge is -2.23. The second-order valence-corrected chi connectivity index (χ2v) is 4.91. The van der Waals surface area contributed by atoms with Crippen LogP contribution in [0.5, 0.6) is 5.88 Å². The molecule has 1 aromatic heterocycles. The van der Waals surface area contributed by atoms with Gasteiger partial charge in [0.05, 0.1) is 5.92 Å². The van der Waals surface area contributed by atoms with E-state index in [1.165, 1.54) is 0 Å². The molecule has 0 saturated carbocycles. The van der Waals surface area contributed by atoms with E-state index in [4.69, 9.17) is 10.5 Å². The second-order valence-electron chi connectivity index (χ2n) is 4.91. The van der Waals surface area contributed by atoms with Crippen LogP contribution in [0.1, 0.15) is 28.3 Å². The normalized spacial score (nSPS) is 17.4. The van der Waals surface area contributed by atoms with Crippen LogP contribution in [-0.4, -0.2) is 10.2 Å². The Labute approximate surface area is 116 Å². The van der Waals surface area contributed by atoms with Crippen LogP contribution in [0.25, 0.3) is 0 Å². The molecule has 1 unspecified atom stereocenters. The Morgan fingerprint density at radius 2 is 2.20 bits per heavy atom. The van der Waals surface area contributed by atoms with Crippen molar-refractivity contribution in [1.29, 1.82) is 5.26 Å². The lowest BCUT2D eigenvalue weighted by atomic mass is 9.84. The van der Waals surface area contributed by atoms with Gasteiger partial charge in [-0.15, -0.1) is 5.10 Å². The predicted molar refractivity (Wildman–Crippen MR) is 73.8 cm³/mol. The molecule has 1 atom stereocenters. The van der Waals surface area contributed by atoms with E-state index in [9.17, 15) is 5.26 Å². The molecule has 2 heterocycles. The van der Waals surface area contributed by atoms with E-state index >= 15 is 0 Å². The standard InChI is InChI=1S/C15H14N4O/c1-8-4-3-5-10(6-8)13-11(7-16)14(17)20-15-12(13)9(2)18-19-15/h3-6,13H,17H2,1-2H3,(H,18,19). The van der Waals surface area contributed by atoms with Gasteiger partial charge < -0.3 is 10.5 Å². The molecule has 0 aliphatic carbocycles. The van der Waals surface area contributed by atoms with Crippen molar-refractivity contribution in [3.8, 4) is 11.9 Å². The Bertz CT molecular complexity index is 751. The van der Waals surface area contributed by atoms with Gasteiger partial charge in [0.1, 0.15) is 11.6 Å². The lowest BCUT2D eigenvalue weighted by molar-refractivity contribution is 0.379. The number of ether oxygens (including phenoxy) is 1. The maximum absolute atomic E-state index is 9.42. The van der Waals surface area contributed by atoms with Crippen molar-refractivity contribution in [2.45, 2.75) is 19.8 Å². The minimum absolute atomic E-state index is 0.123. The summed E-state index contributed by atoms with van der Waals surface area (Å²) in [7, 11) is 0. The van der Waals surface area contributed by atoms with Gasteiger partial charge in [0.25, 0.3) is 0 Å². The highest BCUT2D eigenvalue weighted by molar-refractivity contribution is 5.55. The highest BCUT2D eigenvalue weighted by Gasteiger charge is 2.34. The molecular formula is C15H14N4O. The van der Waals surface area contributed by atoms with E-state index in [1.54, 1.807) is 0 Å². The van der Waals surface area contributed by atoms with Crippen molar-refractivity contribution in [2.75, 3.05) is 0 Å². The molecule has 1 aliphatic rings. The maximum atomic E-state index is 9.42. The van der Waals surface area contributed by atoms with Crippen LogP contribution in [0.15, 0.2) is 35.7 Å². The third-order valence-corrected chi connectivity index (χ3v) is 3.50. The molecule has 0 amide bonds. The summed E-state index contributed by atoms with van der Waals surface area (Å²) in [6.45, 7) is 3.93. The van der Waals surface area contributed by atoms with Gasteiger partial charge in [0.15, 0.2) is 0 Å². The van der Waals surface area contributed by atoms with Crippen molar-refractivity contribution in [3.05, 3.63) is 58.1 Å². The average Bonchev–Trinajstić information content (AvgIpc) is 2.78. The number of benzene rings is 1. The Morgan fingerprint density at radius 1 is 1.40 bits per heavy atom. The van der Waals surface area contributed by atoms with Crippen molar-refractivity contribution in [1.82, 2.24) is 10.2 Å². The Morgan fingerprint density at radius 3 is 2.90 bits per heavy atom. The van der Waals surface area contributed by atoms with E-state index < -0.39 is 0 Å². The Hall–Kier alpha value is -2.74. The van der Waals surface area contributed by atoms with Gasteiger partial charge in [-0.3, -0.25) is 5.10 Å². The summed E-state index contributed by atoms with van der Waals surface area (Å²) in [5.74, 6) is 0.339. The minimum Gasteiger partial charge on any atom is -0.420 e. The van der Waals surface area contributed by atoms with Crippen LogP contribution < -0.4 is 10.5 Å². The smallest absolute Gasteiger partial charge is 0.244 e. The molecule has 20 heavy (non-hydrogen) atoms. The predicted octanol–water partition coefficient (Wildman–Crippen LogP) is 2.24. The van der Waals surface area contributed by atoms with E-state index in [0.717, 1.165) is 22.4 Å². The molecule has 1 aliphatic heterocycles. The minimum atomic E-state index is -0.234. The third kappa shape index (κ3) is 1.74. The van der Waals surface area contributed by atoms with Crippen molar-refractivity contribution in [2.24, 2.45) is 5.73 Å². The summed E-state index contributed by atoms with van der Waals surface area (Å²) in [5, 5.41) is 16.4. The Balaban J connectivity index is 2.25. The molecule has 5 heteroatoms. The number of nitrogens with two attached hydrogens (primary N) is 1. The van der Waals surface area contributed by atoms with Gasteiger partial charge >= 0.3 is 0 Å². The van der Waals surface area contributed by atoms with E-state index in [-0.39, 0.29) is 11.8 Å². The molecule has 2 aromatic rings. The zero-order chi connectivity index (χ0) is 14.3. The molecule has 5 nitrogen and oxygen atoms in total. The molecule has 1 aromatic carbocycles. The van der Waals surface area contributed by atoms with Gasteiger partial charge in [-0.1, -0.05) is 29.8 Å². The topological polar surface area (TPSA) is 87.7 Å². The van der Waals surface area contributed by atoms with Gasteiger partial charge in [-0.2, -0.15) is 5.26 Å². The first-order valence-electron chi connectivity index (χ1n) is 6.31. The molecule has 0 bridgehead atoms. The fraction of sp³-hybridized carbons (Fsp3) is 0.200. The number of nitrogens with one attached hydrogen (secondary N) is 1. The first-order valence-corrected chi connectivity index (χ1v) is 6.31. The lowest BCUT2D eigenvalue weighted by Crippen LogP contribution is -2.21. The summed E-state index contributed by atoms with van der Waals surface area (Å²) in [6.07, 6.45) is 0. The fourth-order valence-electron chi connectivity index (χ4n) is 2.58. The number of allylic oxidation sites excluding steroid dienone is 1. The first-order chi connectivity index (χ1) is 9.61. The molecule has 0 saturated heterocycles. The van der Waals surface area contributed by atoms with Crippen molar-refractivity contribution < 1.29 is 4.74 Å². The monoisotopic (exact) mass is 266 g/mol. The van der Waals surface area contributed by atoms with Gasteiger partial charge in [-0.05, 0) is 19.4 Å². The number of hydrogen-bond donors (Lipinski definition) is 2. The number of aryl methyl sites for hydroxylation is 2. The van der Waals surface area contributed by atoms with Crippen LogP contribution in [0.2, 0.25) is 0 Å². The zero-order valence-electron chi connectivity index (χ0n) is 11.3. The number of H-pyrrole nitrogens is 1. The summed E-state index contributed by atoms with van der Waals surface area (Å²) < 4.78 is 5.43. The highest BCUT2D eigenvalue weighted by Crippen LogP contribution is 2.42. The maximum Gasteiger partial charge on any atom is 0.244 e. The number of hydrogen-bond acceptors (Lipinski definition) is 4. The summed E-state index contributed by atoms with van der Waals surface area (Å²) in [5.41, 5.74) is 10.2. The third-order valence-electron chi connectivity index (χ3n) is 3.50. The van der Waals surface area contributed by atoms with Gasteiger partial charge in [0.2, 0.25) is 11.8 Å². The number of rotatable bonds is 1. The second kappa shape index (κ2) is 4.42. The first kappa shape index (κ1) is 12.3. The summed E-state index contributed by atoms with van der Waals surface area (Å²) in [4.78, 5) is 0. The van der Waals surface area contributed by atoms with Crippen LogP contribution in [0.4, 0.5) is 0 Å². The van der Waals surface area contributed by atoms with E-state index in [0.29, 0.717) is 11.5 Å². The quantitative estimate of drug-likeness (QED) is 0.828. The van der Waals surface area contributed by atoms with Crippen LogP contribution in [0, 0.1) is 25.2 Å². The van der Waals surface area contributed by atoms with E-state index in [2.05, 4.69) is 22.3 Å². The molecule has 0 spiro atoms. The molecule has 0 fully saturated rings. The largest absolute Gasteiger partial charge is 0.420 e. The Kier molecular flexibility index (Phi) is 2.72. The number of fused-ring (bicyclic) bond motifs is 1. The molecule has 0 radical (unpaired) electrons. The highest BCUT2D eigenvalue weighted by atomic mass is 16.5. The van der Waals surface area contributed by atoms with Crippen molar-refractivity contribution >= 4 is 0 Å². The number of nitriles is 1. The number of aromatic amines is 1. The molecule has 3 rings (SSSR count). The van der Waals surface area contributed by atoms with E-state index in [1.807, 2.05) is 32.0 Å². The van der Waals surface area contributed by atoms with Crippen molar-refractivity contribution in [3.63, 3.8) is 0 Å². The molecule has 100 valence electrons. The zero-order valence-corrected chi connectivity index (χ0v) is 11.3. The number of aromatic nitrogens is 2. The average molecular weight is 266 g/mol. The number of nitrogens with zero attached hydrogens (tertiary/aromatic N) is 2. The SMILES string of the molecule is Cc1cccc(C2C(C#N)=C(N)Oc3n[nH]c(C)c32)c1.